The molecule has 0 spiro atoms. The molecule has 0 N–H and O–H groups in total. The molecule has 1 fully saturated rings. The number of hydrogen-bond donors (Lipinski definition) is 1. The maximum absolute atomic E-state index is 6.40. The quantitative estimate of drug-likeness (QED) is 0.552. The summed E-state index contributed by atoms with van der Waals surface area (Å²) in [5.41, 5.74) is 0.322. The van der Waals surface area contributed by atoms with Gasteiger partial charge in [-0.3, -0.25) is 0 Å². The van der Waals surface area contributed by atoms with Gasteiger partial charge in [-0.15, -0.1) is 0 Å². The van der Waals surface area contributed by atoms with Crippen molar-refractivity contribution in [1.82, 2.24) is 0 Å². The summed E-state index contributed by atoms with van der Waals surface area (Å²) in [6.45, 7) is 7.81. The first-order valence-corrected chi connectivity index (χ1v) is 9.07. The van der Waals surface area contributed by atoms with E-state index < -0.39 is 0 Å². The first-order valence-electron chi connectivity index (χ1n) is 8.43. The molecule has 0 saturated heterocycles. The van der Waals surface area contributed by atoms with Crippen molar-refractivity contribution in [3.8, 4) is 0 Å². The summed E-state index contributed by atoms with van der Waals surface area (Å²) in [7, 11) is 0. The fourth-order valence-electron chi connectivity index (χ4n) is 3.68. The zero-order valence-electron chi connectivity index (χ0n) is 13.3. The van der Waals surface area contributed by atoms with Crippen LogP contribution in [0.15, 0.2) is 0 Å². The van der Waals surface area contributed by atoms with Gasteiger partial charge in [-0.1, -0.05) is 52.9 Å². The Kier molecular flexibility index (Phi) is 8.48. The lowest BCUT2D eigenvalue weighted by Gasteiger charge is -2.37. The molecule has 114 valence electrons. The first kappa shape index (κ1) is 17.4. The maximum atomic E-state index is 6.40. The lowest BCUT2D eigenvalue weighted by atomic mass is 9.81. The van der Waals surface area contributed by atoms with E-state index in [1.165, 1.54) is 57.8 Å². The van der Waals surface area contributed by atoms with Crippen molar-refractivity contribution in [1.29, 1.82) is 0 Å². The Labute approximate surface area is 126 Å². The second-order valence-corrected chi connectivity index (χ2v) is 6.78. The highest BCUT2D eigenvalue weighted by Gasteiger charge is 2.31. The van der Waals surface area contributed by atoms with E-state index >= 15 is 0 Å². The second-order valence-electron chi connectivity index (χ2n) is 6.46. The van der Waals surface area contributed by atoms with Crippen molar-refractivity contribution in [2.24, 2.45) is 11.3 Å². The molecule has 0 aromatic rings. The van der Waals surface area contributed by atoms with Gasteiger partial charge in [0.1, 0.15) is 0 Å². The average molecular weight is 287 g/mol. The van der Waals surface area contributed by atoms with Crippen LogP contribution in [0.3, 0.4) is 0 Å². The molecular weight excluding hydrogens is 252 g/mol. The smallest absolute Gasteiger partial charge is 0.0603 e. The van der Waals surface area contributed by atoms with Crippen LogP contribution in [0.1, 0.15) is 78.6 Å². The fourth-order valence-corrected chi connectivity index (χ4v) is 4.09. The van der Waals surface area contributed by atoms with Crippen LogP contribution < -0.4 is 0 Å². The normalized spacial score (nSPS) is 24.6. The minimum Gasteiger partial charge on any atom is -0.377 e. The molecule has 0 aromatic heterocycles. The monoisotopic (exact) mass is 286 g/mol. The van der Waals surface area contributed by atoms with Crippen LogP contribution in [0.5, 0.6) is 0 Å². The summed E-state index contributed by atoms with van der Waals surface area (Å²) in [4.78, 5) is 0. The third-order valence-electron chi connectivity index (χ3n) is 4.86. The fraction of sp³-hybridized carbons (Fsp3) is 1.00. The molecule has 0 aliphatic heterocycles. The Morgan fingerprint density at radius 1 is 1.05 bits per heavy atom. The van der Waals surface area contributed by atoms with E-state index in [2.05, 4.69) is 33.4 Å². The number of rotatable bonds is 9. The van der Waals surface area contributed by atoms with Crippen LogP contribution in [-0.2, 0) is 4.74 Å². The Hall–Kier alpha value is 0.310. The van der Waals surface area contributed by atoms with E-state index in [9.17, 15) is 0 Å². The Morgan fingerprint density at radius 2 is 1.68 bits per heavy atom. The number of thiol groups is 1. The van der Waals surface area contributed by atoms with E-state index in [0.29, 0.717) is 11.5 Å². The van der Waals surface area contributed by atoms with Gasteiger partial charge in [-0.2, -0.15) is 12.6 Å². The average Bonchev–Trinajstić information content (AvgIpc) is 2.45. The summed E-state index contributed by atoms with van der Waals surface area (Å²) in [6, 6.07) is 0. The topological polar surface area (TPSA) is 9.23 Å². The van der Waals surface area contributed by atoms with E-state index in [1.54, 1.807) is 0 Å². The van der Waals surface area contributed by atoms with Crippen molar-refractivity contribution in [2.75, 3.05) is 12.4 Å². The van der Waals surface area contributed by atoms with Crippen molar-refractivity contribution in [2.45, 2.75) is 84.7 Å². The molecule has 0 amide bonds. The molecule has 2 heteroatoms. The maximum Gasteiger partial charge on any atom is 0.0603 e. The van der Waals surface area contributed by atoms with Crippen molar-refractivity contribution >= 4 is 12.6 Å². The predicted molar refractivity (Wildman–Crippen MR) is 88.1 cm³/mol. The molecule has 1 nitrogen and oxygen atoms in total. The van der Waals surface area contributed by atoms with Crippen LogP contribution in [0, 0.1) is 11.3 Å². The Bertz CT molecular complexity index is 223. The van der Waals surface area contributed by atoms with Crippen LogP contribution in [0.2, 0.25) is 0 Å². The largest absolute Gasteiger partial charge is 0.377 e. The highest BCUT2D eigenvalue weighted by molar-refractivity contribution is 7.80. The molecule has 2 unspecified atom stereocenters. The molecule has 0 radical (unpaired) electrons. The highest BCUT2D eigenvalue weighted by Crippen LogP contribution is 2.35. The molecule has 1 rings (SSSR count). The lowest BCUT2D eigenvalue weighted by Crippen LogP contribution is -2.35. The standard InChI is InChI=1S/C17H34OS/c1-4-11-17(14-19,12-5-2)13-18-16-10-8-7-9-15(16)6-3/h15-16,19H,4-14H2,1-3H3. The first-order chi connectivity index (χ1) is 9.21. The van der Waals surface area contributed by atoms with Gasteiger partial charge in [-0.05, 0) is 37.4 Å². The van der Waals surface area contributed by atoms with Crippen LogP contribution in [0.25, 0.3) is 0 Å². The Morgan fingerprint density at radius 3 is 2.21 bits per heavy atom. The molecule has 0 heterocycles. The summed E-state index contributed by atoms with van der Waals surface area (Å²) < 4.78 is 6.40. The molecule has 0 bridgehead atoms. The number of hydrogen-bond acceptors (Lipinski definition) is 2. The van der Waals surface area contributed by atoms with Gasteiger partial charge in [0.25, 0.3) is 0 Å². The van der Waals surface area contributed by atoms with Gasteiger partial charge in [-0.25, -0.2) is 0 Å². The summed E-state index contributed by atoms with van der Waals surface area (Å²) in [6.07, 6.45) is 12.2. The SMILES string of the molecule is CCCC(CS)(CCC)COC1CCCCC1CC. The summed E-state index contributed by atoms with van der Waals surface area (Å²) >= 11 is 4.63. The van der Waals surface area contributed by atoms with E-state index in [1.807, 2.05) is 0 Å². The number of ether oxygens (including phenoxy) is 1. The van der Waals surface area contributed by atoms with Gasteiger partial charge in [0.05, 0.1) is 12.7 Å². The van der Waals surface area contributed by atoms with Crippen molar-refractivity contribution < 1.29 is 4.74 Å². The van der Waals surface area contributed by atoms with Gasteiger partial charge in [0.2, 0.25) is 0 Å². The van der Waals surface area contributed by atoms with Crippen LogP contribution >= 0.6 is 12.6 Å². The van der Waals surface area contributed by atoms with E-state index in [4.69, 9.17) is 4.74 Å². The molecule has 1 aliphatic rings. The minimum absolute atomic E-state index is 0.322. The zero-order chi connectivity index (χ0) is 14.1. The van der Waals surface area contributed by atoms with Gasteiger partial charge in [0.15, 0.2) is 0 Å². The Balaban J connectivity index is 2.53. The van der Waals surface area contributed by atoms with Crippen molar-refractivity contribution in [3.63, 3.8) is 0 Å². The molecular formula is C17H34OS. The predicted octanol–water partition coefficient (Wildman–Crippen LogP) is 5.49. The second kappa shape index (κ2) is 9.28. The molecule has 1 saturated carbocycles. The molecule has 2 atom stereocenters. The van der Waals surface area contributed by atoms with Gasteiger partial charge >= 0.3 is 0 Å². The lowest BCUT2D eigenvalue weighted by molar-refractivity contribution is -0.0528. The summed E-state index contributed by atoms with van der Waals surface area (Å²) in [5.74, 6) is 1.77. The van der Waals surface area contributed by atoms with Crippen LogP contribution in [-0.4, -0.2) is 18.5 Å². The third kappa shape index (κ3) is 5.30. The minimum atomic E-state index is 0.322. The summed E-state index contributed by atoms with van der Waals surface area (Å²) in [5, 5.41) is 0. The highest BCUT2D eigenvalue weighted by atomic mass is 32.1. The van der Waals surface area contributed by atoms with Gasteiger partial charge in [0, 0.05) is 5.41 Å². The van der Waals surface area contributed by atoms with Gasteiger partial charge < -0.3 is 4.74 Å². The van der Waals surface area contributed by atoms with Crippen LogP contribution in [0.4, 0.5) is 0 Å². The van der Waals surface area contributed by atoms with Crippen molar-refractivity contribution in [3.05, 3.63) is 0 Å². The van der Waals surface area contributed by atoms with E-state index in [0.717, 1.165) is 18.3 Å². The molecule has 1 aliphatic carbocycles. The molecule has 0 aromatic carbocycles. The van der Waals surface area contributed by atoms with E-state index in [-0.39, 0.29) is 0 Å². The zero-order valence-corrected chi connectivity index (χ0v) is 14.2. The third-order valence-corrected chi connectivity index (χ3v) is 5.53. The molecule has 19 heavy (non-hydrogen) atoms.